The molecule has 2 aliphatic rings. The normalized spacial score (nSPS) is 17.9. The van der Waals surface area contributed by atoms with Crippen molar-refractivity contribution < 1.29 is 14.4 Å². The van der Waals surface area contributed by atoms with Crippen molar-refractivity contribution in [3.8, 4) is 0 Å². The van der Waals surface area contributed by atoms with Crippen LogP contribution in [0.5, 0.6) is 0 Å². The number of rotatable bonds is 7. The summed E-state index contributed by atoms with van der Waals surface area (Å²) in [5, 5.41) is 3.16. The number of hydrogen-bond donors (Lipinski definition) is 1. The highest BCUT2D eigenvalue weighted by Gasteiger charge is 2.34. The highest BCUT2D eigenvalue weighted by atomic mass is 16.2. The predicted molar refractivity (Wildman–Crippen MR) is 99.9 cm³/mol. The highest BCUT2D eigenvalue weighted by molar-refractivity contribution is 6.21. The maximum Gasteiger partial charge on any atom is 0.261 e. The van der Waals surface area contributed by atoms with Gasteiger partial charge in [-0.3, -0.25) is 19.3 Å². The zero-order chi connectivity index (χ0) is 18.4. The Balaban J connectivity index is 1.34. The Morgan fingerprint density at radius 2 is 1.54 bits per heavy atom. The van der Waals surface area contributed by atoms with Gasteiger partial charge in [-0.05, 0) is 37.8 Å². The molecule has 0 saturated heterocycles. The Morgan fingerprint density at radius 1 is 0.923 bits per heavy atom. The molecule has 5 heteroatoms. The summed E-state index contributed by atoms with van der Waals surface area (Å²) in [4.78, 5) is 37.9. The van der Waals surface area contributed by atoms with Crippen molar-refractivity contribution in [2.75, 3.05) is 6.54 Å². The standard InChI is InChI=1S/C21H28N2O3/c24-19(22-16-10-4-1-2-5-11-16)14-6-3-9-15-23-20(25)17-12-7-8-13-18(17)21(23)26/h7-8,12-13,16H,1-6,9-11,14-15H2,(H,22,24). The van der Waals surface area contributed by atoms with E-state index in [9.17, 15) is 14.4 Å². The molecule has 3 rings (SSSR count). The SMILES string of the molecule is O=C(CCCCCN1C(=O)c2ccccc2C1=O)NC1CCCCCC1. The lowest BCUT2D eigenvalue weighted by atomic mass is 10.1. The number of fused-ring (bicyclic) bond motifs is 1. The first kappa shape index (κ1) is 18.6. The zero-order valence-corrected chi connectivity index (χ0v) is 15.3. The minimum absolute atomic E-state index is 0.137. The maximum absolute atomic E-state index is 12.3. The molecular formula is C21H28N2O3. The minimum atomic E-state index is -0.197. The van der Waals surface area contributed by atoms with E-state index in [1.54, 1.807) is 24.3 Å². The van der Waals surface area contributed by atoms with Gasteiger partial charge in [-0.2, -0.15) is 0 Å². The summed E-state index contributed by atoms with van der Waals surface area (Å²) in [6, 6.07) is 7.31. The van der Waals surface area contributed by atoms with Crippen LogP contribution in [0.2, 0.25) is 0 Å². The van der Waals surface area contributed by atoms with E-state index in [0.717, 1.165) is 32.1 Å². The Morgan fingerprint density at radius 3 is 2.15 bits per heavy atom. The molecule has 1 aliphatic carbocycles. The van der Waals surface area contributed by atoms with Crippen LogP contribution in [0, 0.1) is 0 Å². The van der Waals surface area contributed by atoms with Crippen molar-refractivity contribution in [3.05, 3.63) is 35.4 Å². The van der Waals surface area contributed by atoms with E-state index in [2.05, 4.69) is 5.32 Å². The van der Waals surface area contributed by atoms with Gasteiger partial charge in [0.2, 0.25) is 5.91 Å². The summed E-state index contributed by atoms with van der Waals surface area (Å²) in [6.07, 6.45) is 10.1. The molecule has 0 unspecified atom stereocenters. The predicted octanol–water partition coefficient (Wildman–Crippen LogP) is 3.68. The molecule has 0 aromatic heterocycles. The molecule has 1 heterocycles. The lowest BCUT2D eigenvalue weighted by Gasteiger charge is -2.16. The van der Waals surface area contributed by atoms with Gasteiger partial charge in [-0.1, -0.05) is 44.2 Å². The van der Waals surface area contributed by atoms with Crippen LogP contribution in [0.25, 0.3) is 0 Å². The lowest BCUT2D eigenvalue weighted by molar-refractivity contribution is -0.122. The van der Waals surface area contributed by atoms with Crippen LogP contribution in [-0.2, 0) is 4.79 Å². The molecular weight excluding hydrogens is 328 g/mol. The number of carbonyl (C=O) groups excluding carboxylic acids is 3. The number of carbonyl (C=O) groups is 3. The van der Waals surface area contributed by atoms with E-state index in [-0.39, 0.29) is 17.7 Å². The molecule has 1 saturated carbocycles. The topological polar surface area (TPSA) is 66.5 Å². The summed E-state index contributed by atoms with van der Waals surface area (Å²) < 4.78 is 0. The maximum atomic E-state index is 12.3. The molecule has 1 fully saturated rings. The fourth-order valence-electron chi connectivity index (χ4n) is 3.90. The lowest BCUT2D eigenvalue weighted by Crippen LogP contribution is -2.34. The number of nitrogens with one attached hydrogen (secondary N) is 1. The van der Waals surface area contributed by atoms with Crippen LogP contribution in [-0.4, -0.2) is 35.2 Å². The number of amides is 3. The second-order valence-electron chi connectivity index (χ2n) is 7.37. The van der Waals surface area contributed by atoms with Gasteiger partial charge in [0.1, 0.15) is 0 Å². The van der Waals surface area contributed by atoms with Gasteiger partial charge in [-0.15, -0.1) is 0 Å². The molecule has 0 spiro atoms. The van der Waals surface area contributed by atoms with Crippen molar-refractivity contribution in [1.29, 1.82) is 0 Å². The number of benzene rings is 1. The van der Waals surface area contributed by atoms with E-state index >= 15 is 0 Å². The molecule has 0 atom stereocenters. The summed E-state index contributed by atoms with van der Waals surface area (Å²) in [6.45, 7) is 0.427. The number of imide groups is 1. The smallest absolute Gasteiger partial charge is 0.261 e. The van der Waals surface area contributed by atoms with Crippen LogP contribution >= 0.6 is 0 Å². The Hall–Kier alpha value is -2.17. The van der Waals surface area contributed by atoms with E-state index in [1.807, 2.05) is 0 Å². The van der Waals surface area contributed by atoms with Gasteiger partial charge in [0, 0.05) is 19.0 Å². The second-order valence-corrected chi connectivity index (χ2v) is 7.37. The number of nitrogens with zero attached hydrogens (tertiary/aromatic N) is 1. The van der Waals surface area contributed by atoms with Crippen molar-refractivity contribution in [3.63, 3.8) is 0 Å². The molecule has 1 N–H and O–H groups in total. The third-order valence-corrected chi connectivity index (χ3v) is 5.38. The summed E-state index contributed by atoms with van der Waals surface area (Å²) >= 11 is 0. The first-order valence-electron chi connectivity index (χ1n) is 9.91. The van der Waals surface area contributed by atoms with Crippen LogP contribution in [0.15, 0.2) is 24.3 Å². The average molecular weight is 356 g/mol. The summed E-state index contributed by atoms with van der Waals surface area (Å²) in [5.41, 5.74) is 1.00. The fourth-order valence-corrected chi connectivity index (χ4v) is 3.90. The van der Waals surface area contributed by atoms with Crippen molar-refractivity contribution in [2.24, 2.45) is 0 Å². The van der Waals surface area contributed by atoms with E-state index < -0.39 is 0 Å². The minimum Gasteiger partial charge on any atom is -0.353 e. The van der Waals surface area contributed by atoms with E-state index in [1.165, 1.54) is 30.6 Å². The van der Waals surface area contributed by atoms with Crippen LogP contribution in [0.1, 0.15) is 84.9 Å². The molecule has 1 aliphatic heterocycles. The van der Waals surface area contributed by atoms with Crippen LogP contribution in [0.3, 0.4) is 0 Å². The van der Waals surface area contributed by atoms with Gasteiger partial charge in [0.05, 0.1) is 11.1 Å². The van der Waals surface area contributed by atoms with Crippen molar-refractivity contribution in [2.45, 2.75) is 70.3 Å². The van der Waals surface area contributed by atoms with Gasteiger partial charge < -0.3 is 5.32 Å². The summed E-state index contributed by atoms with van der Waals surface area (Å²) in [5.74, 6) is -0.258. The third kappa shape index (κ3) is 4.51. The van der Waals surface area contributed by atoms with Gasteiger partial charge in [0.25, 0.3) is 11.8 Å². The van der Waals surface area contributed by atoms with E-state index in [4.69, 9.17) is 0 Å². The average Bonchev–Trinajstić information content (AvgIpc) is 2.82. The van der Waals surface area contributed by atoms with Crippen LogP contribution < -0.4 is 5.32 Å². The molecule has 5 nitrogen and oxygen atoms in total. The second kappa shape index (κ2) is 8.97. The molecule has 3 amide bonds. The largest absolute Gasteiger partial charge is 0.353 e. The first-order chi connectivity index (χ1) is 12.7. The summed E-state index contributed by atoms with van der Waals surface area (Å²) in [7, 11) is 0. The van der Waals surface area contributed by atoms with Gasteiger partial charge in [-0.25, -0.2) is 0 Å². The monoisotopic (exact) mass is 356 g/mol. The molecule has 0 radical (unpaired) electrons. The molecule has 1 aromatic carbocycles. The molecule has 140 valence electrons. The first-order valence-corrected chi connectivity index (χ1v) is 9.91. The Bertz CT molecular complexity index is 628. The molecule has 1 aromatic rings. The molecule has 0 bridgehead atoms. The Labute approximate surface area is 155 Å². The van der Waals surface area contributed by atoms with Crippen molar-refractivity contribution in [1.82, 2.24) is 10.2 Å². The third-order valence-electron chi connectivity index (χ3n) is 5.38. The quantitative estimate of drug-likeness (QED) is 0.460. The zero-order valence-electron chi connectivity index (χ0n) is 15.3. The number of unbranched alkanes of at least 4 members (excludes halogenated alkanes) is 2. The molecule has 26 heavy (non-hydrogen) atoms. The fraction of sp³-hybridized carbons (Fsp3) is 0.571. The van der Waals surface area contributed by atoms with Crippen LogP contribution in [0.4, 0.5) is 0 Å². The Kier molecular flexibility index (Phi) is 6.42. The van der Waals surface area contributed by atoms with Crippen molar-refractivity contribution >= 4 is 17.7 Å². The van der Waals surface area contributed by atoms with E-state index in [0.29, 0.717) is 30.1 Å². The van der Waals surface area contributed by atoms with Gasteiger partial charge in [0.15, 0.2) is 0 Å². The van der Waals surface area contributed by atoms with Gasteiger partial charge >= 0.3 is 0 Å². The highest BCUT2D eigenvalue weighted by Crippen LogP contribution is 2.23. The number of hydrogen-bond acceptors (Lipinski definition) is 3.